The van der Waals surface area contributed by atoms with E-state index in [-0.39, 0.29) is 5.91 Å². The van der Waals surface area contributed by atoms with Crippen LogP contribution in [0, 0.1) is 6.92 Å². The molecule has 38 heavy (non-hydrogen) atoms. The van der Waals surface area contributed by atoms with Gasteiger partial charge in [-0.25, -0.2) is 9.97 Å². The summed E-state index contributed by atoms with van der Waals surface area (Å²) in [5, 5.41) is 6.31. The minimum absolute atomic E-state index is 0.155. The molecule has 7 heteroatoms. The quantitative estimate of drug-likeness (QED) is 0.286. The number of piperidine rings is 1. The van der Waals surface area contributed by atoms with Crippen LogP contribution in [0.1, 0.15) is 53.6 Å². The Balaban J connectivity index is 1.25. The summed E-state index contributed by atoms with van der Waals surface area (Å²) in [7, 11) is 0. The van der Waals surface area contributed by atoms with E-state index in [1.54, 1.807) is 18.6 Å². The first-order valence-electron chi connectivity index (χ1n) is 13.3. The molecule has 2 N–H and O–H groups in total. The van der Waals surface area contributed by atoms with E-state index in [9.17, 15) is 4.79 Å². The second kappa shape index (κ2) is 12.0. The summed E-state index contributed by atoms with van der Waals surface area (Å²) in [4.78, 5) is 28.8. The Morgan fingerprint density at radius 2 is 1.95 bits per heavy atom. The molecule has 0 radical (unpaired) electrons. The van der Waals surface area contributed by atoms with Gasteiger partial charge in [0.05, 0.1) is 5.69 Å². The summed E-state index contributed by atoms with van der Waals surface area (Å²) < 4.78 is 0. The van der Waals surface area contributed by atoms with Crippen molar-refractivity contribution in [2.75, 3.05) is 30.3 Å². The van der Waals surface area contributed by atoms with Gasteiger partial charge in [0.2, 0.25) is 5.95 Å². The highest BCUT2D eigenvalue weighted by atomic mass is 16.1. The van der Waals surface area contributed by atoms with Crippen molar-refractivity contribution in [3.8, 4) is 11.3 Å². The Hall–Kier alpha value is -4.10. The molecule has 2 aromatic heterocycles. The highest BCUT2D eigenvalue weighted by Crippen LogP contribution is 2.28. The fourth-order valence-corrected chi connectivity index (χ4v) is 5.00. The first kappa shape index (κ1) is 25.5. The number of nitrogens with zero attached hydrogens (tertiary/aromatic N) is 4. The molecular weight excluding hydrogens is 472 g/mol. The van der Waals surface area contributed by atoms with Gasteiger partial charge in [0.1, 0.15) is 0 Å². The molecule has 0 bridgehead atoms. The van der Waals surface area contributed by atoms with Crippen LogP contribution in [0.5, 0.6) is 0 Å². The lowest BCUT2D eigenvalue weighted by Crippen LogP contribution is -2.34. The number of carbonyl (C=O) groups excluding carboxylic acids is 1. The third-order valence-electron chi connectivity index (χ3n) is 7.04. The van der Waals surface area contributed by atoms with Crippen LogP contribution in [-0.2, 0) is 0 Å². The van der Waals surface area contributed by atoms with Crippen LogP contribution >= 0.6 is 0 Å². The van der Waals surface area contributed by atoms with Gasteiger partial charge in [-0.2, -0.15) is 0 Å². The van der Waals surface area contributed by atoms with Gasteiger partial charge in [-0.1, -0.05) is 25.1 Å². The Bertz CT molecular complexity index is 1370. The zero-order chi connectivity index (χ0) is 26.3. The molecule has 0 aliphatic carbocycles. The predicted molar refractivity (Wildman–Crippen MR) is 153 cm³/mol. The largest absolute Gasteiger partial charge is 0.324 e. The van der Waals surface area contributed by atoms with Crippen molar-refractivity contribution in [2.45, 2.75) is 39.0 Å². The lowest BCUT2D eigenvalue weighted by molar-refractivity contribution is 0.102. The highest BCUT2D eigenvalue weighted by Gasteiger charge is 2.20. The van der Waals surface area contributed by atoms with Gasteiger partial charge in [0, 0.05) is 47.6 Å². The van der Waals surface area contributed by atoms with Crippen LogP contribution in [-0.4, -0.2) is 45.4 Å². The number of nitrogens with one attached hydrogen (secondary N) is 2. The number of anilines is 3. The summed E-state index contributed by atoms with van der Waals surface area (Å²) >= 11 is 0. The first-order chi connectivity index (χ1) is 18.6. The molecule has 1 saturated heterocycles. The minimum atomic E-state index is -0.155. The van der Waals surface area contributed by atoms with Crippen LogP contribution in [0.15, 0.2) is 79.3 Å². The van der Waals surface area contributed by atoms with Crippen LogP contribution in [0.2, 0.25) is 0 Å². The van der Waals surface area contributed by atoms with E-state index in [2.05, 4.69) is 49.5 Å². The Morgan fingerprint density at radius 1 is 1.08 bits per heavy atom. The van der Waals surface area contributed by atoms with Gasteiger partial charge in [0.15, 0.2) is 0 Å². The van der Waals surface area contributed by atoms with Crippen molar-refractivity contribution in [3.05, 3.63) is 95.9 Å². The molecule has 7 nitrogen and oxygen atoms in total. The van der Waals surface area contributed by atoms with Crippen molar-refractivity contribution in [1.82, 2.24) is 19.9 Å². The smallest absolute Gasteiger partial charge is 0.255 e. The Kier molecular flexibility index (Phi) is 8.04. The van der Waals surface area contributed by atoms with Gasteiger partial charge in [0.25, 0.3) is 5.91 Å². The van der Waals surface area contributed by atoms with E-state index < -0.39 is 0 Å². The number of hydrogen-bond donors (Lipinski definition) is 2. The average Bonchev–Trinajstić information content (AvgIpc) is 2.95. The molecule has 0 saturated carbocycles. The fourth-order valence-electron chi connectivity index (χ4n) is 5.00. The van der Waals surface area contributed by atoms with E-state index in [1.807, 2.05) is 55.5 Å². The van der Waals surface area contributed by atoms with Gasteiger partial charge in [-0.3, -0.25) is 9.78 Å². The van der Waals surface area contributed by atoms with Crippen LogP contribution in [0.25, 0.3) is 11.3 Å². The van der Waals surface area contributed by atoms with Crippen molar-refractivity contribution in [3.63, 3.8) is 0 Å². The molecule has 1 atom stereocenters. The molecule has 4 aromatic rings. The van der Waals surface area contributed by atoms with Crippen LogP contribution in [0.3, 0.4) is 0 Å². The molecule has 194 valence electrons. The lowest BCUT2D eigenvalue weighted by Gasteiger charge is -2.32. The summed E-state index contributed by atoms with van der Waals surface area (Å²) in [6.45, 7) is 7.71. The number of hydrogen-bond acceptors (Lipinski definition) is 6. The maximum absolute atomic E-state index is 13.1. The summed E-state index contributed by atoms with van der Waals surface area (Å²) in [5.74, 6) is 0.866. The molecule has 2 aromatic carbocycles. The van der Waals surface area contributed by atoms with Crippen molar-refractivity contribution in [1.29, 1.82) is 0 Å². The summed E-state index contributed by atoms with van der Waals surface area (Å²) in [6.07, 6.45) is 8.87. The van der Waals surface area contributed by atoms with Crippen molar-refractivity contribution < 1.29 is 4.79 Å². The highest BCUT2D eigenvalue weighted by molar-refractivity contribution is 6.05. The zero-order valence-electron chi connectivity index (χ0n) is 22.0. The molecule has 1 amide bonds. The predicted octanol–water partition coefficient (Wildman–Crippen LogP) is 6.43. The second-order valence-corrected chi connectivity index (χ2v) is 9.88. The van der Waals surface area contributed by atoms with Gasteiger partial charge < -0.3 is 15.5 Å². The average molecular weight is 507 g/mol. The number of carbonyl (C=O) groups is 1. The standard InChI is InChI=1S/C31H34N6O/c1-3-17-37-18-5-7-26(21-37)23-10-12-27(13-11-23)34-30(38)24-9-8-22(2)29(19-24)36-31-33-16-14-28(35-31)25-6-4-15-32-20-25/h4,6,8-16,19-20,26H,3,5,7,17-18,21H2,1-2H3,(H,34,38)(H,33,35,36). The van der Waals surface area contributed by atoms with Gasteiger partial charge >= 0.3 is 0 Å². The second-order valence-electron chi connectivity index (χ2n) is 9.88. The van der Waals surface area contributed by atoms with E-state index in [4.69, 9.17) is 0 Å². The van der Waals surface area contributed by atoms with E-state index in [0.29, 0.717) is 17.4 Å². The first-order valence-corrected chi connectivity index (χ1v) is 13.3. The van der Waals surface area contributed by atoms with Gasteiger partial charge in [-0.15, -0.1) is 0 Å². The van der Waals surface area contributed by atoms with Crippen molar-refractivity contribution in [2.24, 2.45) is 0 Å². The number of rotatable bonds is 8. The number of aryl methyl sites for hydroxylation is 1. The normalized spacial score (nSPS) is 15.7. The van der Waals surface area contributed by atoms with Crippen molar-refractivity contribution >= 4 is 23.2 Å². The van der Waals surface area contributed by atoms with Gasteiger partial charge in [-0.05, 0) is 98.8 Å². The Labute approximate surface area is 224 Å². The third-order valence-corrected chi connectivity index (χ3v) is 7.04. The lowest BCUT2D eigenvalue weighted by atomic mass is 9.90. The molecule has 1 fully saturated rings. The SMILES string of the molecule is CCCN1CCCC(c2ccc(NC(=O)c3ccc(C)c(Nc4nccc(-c5cccnc5)n4)c3)cc2)C1. The number of likely N-dealkylation sites (tertiary alicyclic amines) is 1. The van der Waals surface area contributed by atoms with Crippen LogP contribution < -0.4 is 10.6 Å². The zero-order valence-corrected chi connectivity index (χ0v) is 22.0. The van der Waals surface area contributed by atoms with Crippen LogP contribution in [0.4, 0.5) is 17.3 Å². The van der Waals surface area contributed by atoms with E-state index >= 15 is 0 Å². The van der Waals surface area contributed by atoms with E-state index in [0.717, 1.165) is 34.7 Å². The monoisotopic (exact) mass is 506 g/mol. The topological polar surface area (TPSA) is 83.0 Å². The maximum Gasteiger partial charge on any atom is 0.255 e. The minimum Gasteiger partial charge on any atom is -0.324 e. The fraction of sp³-hybridized carbons (Fsp3) is 0.290. The number of benzene rings is 2. The Morgan fingerprint density at radius 3 is 2.74 bits per heavy atom. The molecular formula is C31H34N6O. The summed E-state index contributed by atoms with van der Waals surface area (Å²) in [5.41, 5.74) is 6.17. The molecule has 1 unspecified atom stereocenters. The number of amides is 1. The molecule has 1 aliphatic rings. The number of pyridine rings is 1. The molecule has 5 rings (SSSR count). The third kappa shape index (κ3) is 6.23. The number of aromatic nitrogens is 3. The summed E-state index contributed by atoms with van der Waals surface area (Å²) in [6, 6.07) is 19.6. The molecule has 3 heterocycles. The molecule has 1 aliphatic heterocycles. The molecule has 0 spiro atoms. The van der Waals surface area contributed by atoms with E-state index in [1.165, 1.54) is 37.9 Å². The maximum atomic E-state index is 13.1.